The lowest BCUT2D eigenvalue weighted by Gasteiger charge is -2.25. The maximum atomic E-state index is 13.5. The third kappa shape index (κ3) is 3.89. The molecule has 0 bridgehead atoms. The molecular formula is C24H22ClN3O3S. The Morgan fingerprint density at radius 3 is 2.50 bits per heavy atom. The number of ether oxygens (including phenoxy) is 1. The highest BCUT2D eigenvalue weighted by Gasteiger charge is 2.34. The molecule has 4 rings (SSSR count). The van der Waals surface area contributed by atoms with E-state index in [1.54, 1.807) is 19.1 Å². The Bertz CT molecular complexity index is 1400. The lowest BCUT2D eigenvalue weighted by molar-refractivity contribution is -0.136. The van der Waals surface area contributed by atoms with Crippen LogP contribution in [-0.2, 0) is 9.53 Å². The van der Waals surface area contributed by atoms with E-state index in [2.05, 4.69) is 4.99 Å². The minimum Gasteiger partial charge on any atom is -0.466 e. The predicted octanol–water partition coefficient (Wildman–Crippen LogP) is 3.13. The SMILES string of the molecule is COC(=O)C1=C(C)N=c2s/c(=C\c3ccc(N(C)C)cc3)c(=O)n2C1c1ccccc1Cl. The van der Waals surface area contributed by atoms with Crippen LogP contribution in [0.25, 0.3) is 6.08 Å². The zero-order chi connectivity index (χ0) is 23.0. The summed E-state index contributed by atoms with van der Waals surface area (Å²) < 4.78 is 7.07. The number of hydrogen-bond donors (Lipinski definition) is 0. The Hall–Kier alpha value is -3.16. The fraction of sp³-hybridized carbons (Fsp3) is 0.208. The van der Waals surface area contributed by atoms with E-state index in [9.17, 15) is 9.59 Å². The first-order valence-corrected chi connectivity index (χ1v) is 11.1. The zero-order valence-corrected chi connectivity index (χ0v) is 19.7. The quantitative estimate of drug-likeness (QED) is 0.553. The average Bonchev–Trinajstić information content (AvgIpc) is 3.07. The second-order valence-electron chi connectivity index (χ2n) is 7.58. The minimum absolute atomic E-state index is 0.232. The number of nitrogens with zero attached hydrogens (tertiary/aromatic N) is 3. The van der Waals surface area contributed by atoms with Gasteiger partial charge in [-0.1, -0.05) is 53.3 Å². The van der Waals surface area contributed by atoms with E-state index < -0.39 is 12.0 Å². The molecule has 2 aromatic carbocycles. The number of esters is 1. The minimum atomic E-state index is -0.717. The molecule has 1 atom stereocenters. The molecule has 6 nitrogen and oxygen atoms in total. The van der Waals surface area contributed by atoms with E-state index in [1.807, 2.05) is 61.5 Å². The number of allylic oxidation sites excluding steroid dienone is 1. The zero-order valence-electron chi connectivity index (χ0n) is 18.1. The Labute approximate surface area is 194 Å². The van der Waals surface area contributed by atoms with Crippen molar-refractivity contribution >= 4 is 40.7 Å². The number of carbonyl (C=O) groups excluding carboxylic acids is 1. The van der Waals surface area contributed by atoms with Crippen LogP contribution in [0.15, 0.2) is 69.6 Å². The van der Waals surface area contributed by atoms with Crippen LogP contribution >= 0.6 is 22.9 Å². The summed E-state index contributed by atoms with van der Waals surface area (Å²) in [6.45, 7) is 1.74. The number of fused-ring (bicyclic) bond motifs is 1. The van der Waals surface area contributed by atoms with E-state index in [0.29, 0.717) is 31.2 Å². The molecule has 0 fully saturated rings. The van der Waals surface area contributed by atoms with Gasteiger partial charge in [0, 0.05) is 24.8 Å². The highest BCUT2D eigenvalue weighted by molar-refractivity contribution is 7.07. The molecule has 2 heterocycles. The van der Waals surface area contributed by atoms with Crippen LogP contribution < -0.4 is 19.8 Å². The van der Waals surface area contributed by atoms with Crippen LogP contribution in [0, 0.1) is 0 Å². The van der Waals surface area contributed by atoms with Crippen molar-refractivity contribution in [3.63, 3.8) is 0 Å². The maximum Gasteiger partial charge on any atom is 0.338 e. The molecule has 1 unspecified atom stereocenters. The molecule has 1 aromatic heterocycles. The molecule has 0 spiro atoms. The van der Waals surface area contributed by atoms with Crippen molar-refractivity contribution in [2.24, 2.45) is 4.99 Å². The number of methoxy groups -OCH3 is 1. The number of benzene rings is 2. The number of anilines is 1. The van der Waals surface area contributed by atoms with Crippen molar-refractivity contribution in [3.8, 4) is 0 Å². The van der Waals surface area contributed by atoms with E-state index >= 15 is 0 Å². The molecule has 0 radical (unpaired) electrons. The molecule has 0 N–H and O–H groups in total. The van der Waals surface area contributed by atoms with E-state index in [4.69, 9.17) is 16.3 Å². The van der Waals surface area contributed by atoms with Gasteiger partial charge in [0.2, 0.25) is 0 Å². The highest BCUT2D eigenvalue weighted by Crippen LogP contribution is 2.34. The molecule has 164 valence electrons. The van der Waals surface area contributed by atoms with E-state index in [-0.39, 0.29) is 5.56 Å². The topological polar surface area (TPSA) is 63.9 Å². The third-order valence-electron chi connectivity index (χ3n) is 5.33. The van der Waals surface area contributed by atoms with Gasteiger partial charge < -0.3 is 9.64 Å². The number of aromatic nitrogens is 1. The molecular weight excluding hydrogens is 446 g/mol. The van der Waals surface area contributed by atoms with Gasteiger partial charge >= 0.3 is 5.97 Å². The summed E-state index contributed by atoms with van der Waals surface area (Å²) in [7, 11) is 5.26. The molecule has 8 heteroatoms. The second-order valence-corrected chi connectivity index (χ2v) is 9.00. The molecule has 1 aliphatic heterocycles. The normalized spacial score (nSPS) is 15.9. The predicted molar refractivity (Wildman–Crippen MR) is 128 cm³/mol. The summed E-state index contributed by atoms with van der Waals surface area (Å²) in [4.78, 5) is 33.3. The molecule has 0 saturated carbocycles. The van der Waals surface area contributed by atoms with Crippen LogP contribution in [0.1, 0.15) is 24.1 Å². The van der Waals surface area contributed by atoms with Gasteiger partial charge in [-0.2, -0.15) is 0 Å². The highest BCUT2D eigenvalue weighted by atomic mass is 35.5. The van der Waals surface area contributed by atoms with Crippen molar-refractivity contribution in [2.75, 3.05) is 26.1 Å². The molecule has 0 amide bonds. The fourth-order valence-electron chi connectivity index (χ4n) is 3.70. The molecule has 3 aromatic rings. The Kier molecular flexibility index (Phi) is 6.04. The fourth-order valence-corrected chi connectivity index (χ4v) is 4.99. The number of rotatable bonds is 4. The lowest BCUT2D eigenvalue weighted by Crippen LogP contribution is -2.39. The van der Waals surface area contributed by atoms with Gasteiger partial charge in [0.15, 0.2) is 4.80 Å². The van der Waals surface area contributed by atoms with Crippen molar-refractivity contribution in [1.82, 2.24) is 4.57 Å². The van der Waals surface area contributed by atoms with Gasteiger partial charge in [-0.3, -0.25) is 9.36 Å². The molecule has 32 heavy (non-hydrogen) atoms. The van der Waals surface area contributed by atoms with Crippen molar-refractivity contribution in [1.29, 1.82) is 0 Å². The van der Waals surface area contributed by atoms with Gasteiger partial charge in [0.25, 0.3) is 5.56 Å². The first kappa shape index (κ1) is 22.0. The van der Waals surface area contributed by atoms with Crippen molar-refractivity contribution in [2.45, 2.75) is 13.0 Å². The van der Waals surface area contributed by atoms with Gasteiger partial charge in [-0.15, -0.1) is 0 Å². The summed E-state index contributed by atoms with van der Waals surface area (Å²) in [6.07, 6.45) is 1.84. The van der Waals surface area contributed by atoms with Crippen LogP contribution in [0.5, 0.6) is 0 Å². The van der Waals surface area contributed by atoms with Gasteiger partial charge in [-0.25, -0.2) is 9.79 Å². The summed E-state index contributed by atoms with van der Waals surface area (Å²) in [5.41, 5.74) is 3.19. The summed E-state index contributed by atoms with van der Waals surface area (Å²) in [6, 6.07) is 14.4. The Morgan fingerprint density at radius 2 is 1.88 bits per heavy atom. The number of halogens is 1. The van der Waals surface area contributed by atoms with Crippen molar-refractivity contribution in [3.05, 3.63) is 95.6 Å². The lowest BCUT2D eigenvalue weighted by atomic mass is 9.96. The number of thiazole rings is 1. The second kappa shape index (κ2) is 8.76. The van der Waals surface area contributed by atoms with Gasteiger partial charge in [0.1, 0.15) is 6.04 Å². The average molecular weight is 468 g/mol. The molecule has 0 saturated heterocycles. The van der Waals surface area contributed by atoms with Crippen molar-refractivity contribution < 1.29 is 9.53 Å². The monoisotopic (exact) mass is 467 g/mol. The Morgan fingerprint density at radius 1 is 1.19 bits per heavy atom. The van der Waals surface area contributed by atoms with Crippen LogP contribution in [0.2, 0.25) is 5.02 Å². The van der Waals surface area contributed by atoms with Crippen LogP contribution in [0.4, 0.5) is 5.69 Å². The first-order chi connectivity index (χ1) is 15.3. The standard InChI is InChI=1S/C24H22ClN3O3S/c1-14-20(23(30)31-4)21(17-7-5-6-8-18(17)25)28-22(29)19(32-24(28)26-14)13-15-9-11-16(12-10-15)27(2)3/h5-13,21H,1-4H3/b19-13-. The van der Waals surface area contributed by atoms with Gasteiger partial charge in [-0.05, 0) is 42.3 Å². The summed E-state index contributed by atoms with van der Waals surface area (Å²) in [5.74, 6) is -0.537. The summed E-state index contributed by atoms with van der Waals surface area (Å²) >= 11 is 7.77. The number of hydrogen-bond acceptors (Lipinski definition) is 6. The van der Waals surface area contributed by atoms with Crippen LogP contribution in [-0.4, -0.2) is 31.7 Å². The Balaban J connectivity index is 1.93. The molecule has 1 aliphatic rings. The third-order valence-corrected chi connectivity index (χ3v) is 6.66. The van der Waals surface area contributed by atoms with E-state index in [1.165, 1.54) is 23.0 Å². The largest absolute Gasteiger partial charge is 0.466 e. The smallest absolute Gasteiger partial charge is 0.338 e. The molecule has 0 aliphatic carbocycles. The summed E-state index contributed by atoms with van der Waals surface area (Å²) in [5, 5.41) is 0.461. The van der Waals surface area contributed by atoms with E-state index in [0.717, 1.165) is 11.3 Å². The van der Waals surface area contributed by atoms with Gasteiger partial charge in [0.05, 0.1) is 22.9 Å². The number of carbonyl (C=O) groups is 1. The maximum absolute atomic E-state index is 13.5. The van der Waals surface area contributed by atoms with Crippen LogP contribution in [0.3, 0.4) is 0 Å². The first-order valence-electron chi connectivity index (χ1n) is 9.94.